The van der Waals surface area contributed by atoms with Gasteiger partial charge >= 0.3 is 0 Å². The molecule has 0 unspecified atom stereocenters. The summed E-state index contributed by atoms with van der Waals surface area (Å²) >= 11 is 6.20. The van der Waals surface area contributed by atoms with Crippen molar-refractivity contribution in [2.24, 2.45) is 0 Å². The molecule has 1 saturated heterocycles. The highest BCUT2D eigenvalue weighted by atomic mass is 35.5. The number of rotatable bonds is 5. The van der Waals surface area contributed by atoms with E-state index in [0.29, 0.717) is 23.9 Å². The zero-order valence-electron chi connectivity index (χ0n) is 16.4. The third-order valence-corrected chi connectivity index (χ3v) is 5.11. The minimum absolute atomic E-state index is 0.108. The van der Waals surface area contributed by atoms with Gasteiger partial charge in [0.1, 0.15) is 5.69 Å². The number of nitrogens with zero attached hydrogens (tertiary/aromatic N) is 5. The summed E-state index contributed by atoms with van der Waals surface area (Å²) < 4.78 is 1.69. The SMILES string of the molecule is CC(=O)N1CCN(CCNC(=O)c2nc(-n3nc(C)cc3C)ccc2Cl)CC1. The molecule has 28 heavy (non-hydrogen) atoms. The van der Waals surface area contributed by atoms with E-state index in [-0.39, 0.29) is 17.5 Å². The second-order valence-corrected chi connectivity index (χ2v) is 7.35. The van der Waals surface area contributed by atoms with Crippen LogP contribution in [0.25, 0.3) is 5.82 Å². The lowest BCUT2D eigenvalue weighted by atomic mass is 10.3. The minimum Gasteiger partial charge on any atom is -0.349 e. The normalized spacial score (nSPS) is 14.9. The first-order chi connectivity index (χ1) is 13.3. The Labute approximate surface area is 169 Å². The number of aryl methyl sites for hydroxylation is 2. The Hall–Kier alpha value is -2.45. The molecule has 1 fully saturated rings. The lowest BCUT2D eigenvalue weighted by Gasteiger charge is -2.34. The summed E-state index contributed by atoms with van der Waals surface area (Å²) in [6.07, 6.45) is 0. The number of aromatic nitrogens is 3. The van der Waals surface area contributed by atoms with Crippen LogP contribution in [0, 0.1) is 13.8 Å². The molecule has 8 nitrogen and oxygen atoms in total. The Kier molecular flexibility index (Phi) is 6.31. The van der Waals surface area contributed by atoms with E-state index in [1.54, 1.807) is 23.7 Å². The monoisotopic (exact) mass is 404 g/mol. The van der Waals surface area contributed by atoms with E-state index < -0.39 is 0 Å². The fourth-order valence-electron chi connectivity index (χ4n) is 3.27. The van der Waals surface area contributed by atoms with Crippen molar-refractivity contribution in [3.8, 4) is 5.82 Å². The van der Waals surface area contributed by atoms with Crippen molar-refractivity contribution in [2.75, 3.05) is 39.3 Å². The van der Waals surface area contributed by atoms with E-state index in [4.69, 9.17) is 11.6 Å². The second-order valence-electron chi connectivity index (χ2n) is 6.94. The van der Waals surface area contributed by atoms with Gasteiger partial charge in [0.15, 0.2) is 5.82 Å². The maximum atomic E-state index is 12.6. The van der Waals surface area contributed by atoms with E-state index in [2.05, 4.69) is 20.3 Å². The Morgan fingerprint density at radius 3 is 2.50 bits per heavy atom. The molecule has 2 amide bonds. The van der Waals surface area contributed by atoms with Crippen molar-refractivity contribution >= 4 is 23.4 Å². The molecule has 1 aliphatic rings. The molecule has 0 aliphatic carbocycles. The highest BCUT2D eigenvalue weighted by Crippen LogP contribution is 2.17. The molecule has 0 radical (unpaired) electrons. The number of amides is 2. The third kappa shape index (κ3) is 4.69. The topological polar surface area (TPSA) is 83.4 Å². The zero-order chi connectivity index (χ0) is 20.3. The number of hydrogen-bond acceptors (Lipinski definition) is 5. The van der Waals surface area contributed by atoms with Gasteiger partial charge < -0.3 is 10.2 Å². The van der Waals surface area contributed by atoms with Crippen LogP contribution >= 0.6 is 11.6 Å². The number of nitrogens with one attached hydrogen (secondary N) is 1. The van der Waals surface area contributed by atoms with Crippen LogP contribution in [-0.4, -0.2) is 75.6 Å². The van der Waals surface area contributed by atoms with E-state index in [9.17, 15) is 9.59 Å². The van der Waals surface area contributed by atoms with Gasteiger partial charge in [0.2, 0.25) is 5.91 Å². The third-order valence-electron chi connectivity index (χ3n) is 4.80. The molecule has 1 N–H and O–H groups in total. The quantitative estimate of drug-likeness (QED) is 0.815. The summed E-state index contributed by atoms with van der Waals surface area (Å²) in [6.45, 7) is 9.69. The van der Waals surface area contributed by atoms with Crippen molar-refractivity contribution in [3.05, 3.63) is 40.3 Å². The second kappa shape index (κ2) is 8.70. The fraction of sp³-hybridized carbons (Fsp3) is 0.474. The molecule has 2 aromatic heterocycles. The first-order valence-corrected chi connectivity index (χ1v) is 9.69. The van der Waals surface area contributed by atoms with Crippen LogP contribution in [0.3, 0.4) is 0 Å². The minimum atomic E-state index is -0.309. The van der Waals surface area contributed by atoms with Crippen LogP contribution in [0.2, 0.25) is 5.02 Å². The summed E-state index contributed by atoms with van der Waals surface area (Å²) in [4.78, 5) is 32.4. The molecule has 1 aliphatic heterocycles. The van der Waals surface area contributed by atoms with Crippen LogP contribution in [0.1, 0.15) is 28.8 Å². The summed E-state index contributed by atoms with van der Waals surface area (Å²) in [5.74, 6) is 0.354. The number of halogens is 1. The molecule has 3 heterocycles. The van der Waals surface area contributed by atoms with Gasteiger partial charge in [0.05, 0.1) is 10.7 Å². The summed E-state index contributed by atoms with van der Waals surface area (Å²) in [5.41, 5.74) is 2.00. The summed E-state index contributed by atoms with van der Waals surface area (Å²) in [5, 5.41) is 7.58. The molecular weight excluding hydrogens is 380 g/mol. The number of piperazine rings is 1. The Morgan fingerprint density at radius 1 is 1.18 bits per heavy atom. The van der Waals surface area contributed by atoms with Crippen LogP contribution in [0.4, 0.5) is 0 Å². The van der Waals surface area contributed by atoms with Gasteiger partial charge in [0, 0.05) is 51.9 Å². The first-order valence-electron chi connectivity index (χ1n) is 9.31. The molecule has 0 atom stereocenters. The molecule has 0 spiro atoms. The van der Waals surface area contributed by atoms with Gasteiger partial charge in [0.25, 0.3) is 5.91 Å². The Bertz CT molecular complexity index is 873. The predicted octanol–water partition coefficient (Wildman–Crippen LogP) is 1.43. The van der Waals surface area contributed by atoms with Crippen LogP contribution in [-0.2, 0) is 4.79 Å². The van der Waals surface area contributed by atoms with Crippen molar-refractivity contribution in [1.82, 2.24) is 29.9 Å². The number of carbonyl (C=O) groups is 2. The Balaban J connectivity index is 1.58. The van der Waals surface area contributed by atoms with E-state index in [0.717, 1.165) is 37.6 Å². The fourth-order valence-corrected chi connectivity index (χ4v) is 3.46. The molecule has 0 bridgehead atoms. The van der Waals surface area contributed by atoms with E-state index >= 15 is 0 Å². The summed E-state index contributed by atoms with van der Waals surface area (Å²) in [7, 11) is 0. The van der Waals surface area contributed by atoms with Crippen molar-refractivity contribution in [2.45, 2.75) is 20.8 Å². The largest absolute Gasteiger partial charge is 0.349 e. The highest BCUT2D eigenvalue weighted by Gasteiger charge is 2.19. The average molecular weight is 405 g/mol. The molecular formula is C19H25ClN6O2. The molecule has 2 aromatic rings. The van der Waals surface area contributed by atoms with Gasteiger partial charge in [-0.05, 0) is 32.0 Å². The van der Waals surface area contributed by atoms with Gasteiger partial charge in [-0.2, -0.15) is 5.10 Å². The molecule has 9 heteroatoms. The van der Waals surface area contributed by atoms with Crippen LogP contribution < -0.4 is 5.32 Å². The van der Waals surface area contributed by atoms with Crippen LogP contribution in [0.15, 0.2) is 18.2 Å². The van der Waals surface area contributed by atoms with Crippen molar-refractivity contribution in [1.29, 1.82) is 0 Å². The smallest absolute Gasteiger partial charge is 0.271 e. The van der Waals surface area contributed by atoms with Gasteiger partial charge in [-0.3, -0.25) is 14.5 Å². The van der Waals surface area contributed by atoms with Crippen LogP contribution in [0.5, 0.6) is 0 Å². The van der Waals surface area contributed by atoms with Crippen molar-refractivity contribution in [3.63, 3.8) is 0 Å². The number of hydrogen-bond donors (Lipinski definition) is 1. The first kappa shape index (κ1) is 20.3. The lowest BCUT2D eigenvalue weighted by Crippen LogP contribution is -2.49. The zero-order valence-corrected chi connectivity index (χ0v) is 17.2. The molecule has 0 saturated carbocycles. The van der Waals surface area contributed by atoms with Gasteiger partial charge in [-0.15, -0.1) is 0 Å². The van der Waals surface area contributed by atoms with Gasteiger partial charge in [-0.25, -0.2) is 9.67 Å². The van der Waals surface area contributed by atoms with Gasteiger partial charge in [-0.1, -0.05) is 11.6 Å². The summed E-state index contributed by atoms with van der Waals surface area (Å²) in [6, 6.07) is 5.35. The maximum Gasteiger partial charge on any atom is 0.271 e. The Morgan fingerprint density at radius 2 is 1.89 bits per heavy atom. The highest BCUT2D eigenvalue weighted by molar-refractivity contribution is 6.33. The number of pyridine rings is 1. The predicted molar refractivity (Wildman–Crippen MR) is 107 cm³/mol. The van der Waals surface area contributed by atoms with E-state index in [1.807, 2.05) is 24.8 Å². The lowest BCUT2D eigenvalue weighted by molar-refractivity contribution is -0.130. The molecule has 3 rings (SSSR count). The average Bonchev–Trinajstić information content (AvgIpc) is 3.00. The van der Waals surface area contributed by atoms with Crippen molar-refractivity contribution < 1.29 is 9.59 Å². The maximum absolute atomic E-state index is 12.6. The standard InChI is InChI=1S/C19H25ClN6O2/c1-13-12-14(2)26(23-13)17-5-4-16(20)18(22-17)19(28)21-6-7-24-8-10-25(11-9-24)15(3)27/h4-5,12H,6-11H2,1-3H3,(H,21,28). The molecule has 150 valence electrons. The number of carbonyl (C=O) groups excluding carboxylic acids is 2. The molecule has 0 aromatic carbocycles. The van der Waals surface area contributed by atoms with E-state index in [1.165, 1.54) is 0 Å².